The van der Waals surface area contributed by atoms with E-state index < -0.39 is 0 Å². The number of nitrogens with zero attached hydrogens (tertiary/aromatic N) is 4. The van der Waals surface area contributed by atoms with Crippen LogP contribution < -0.4 is 16.0 Å². The molecule has 0 aliphatic heterocycles. The van der Waals surface area contributed by atoms with E-state index in [4.69, 9.17) is 5.73 Å². The van der Waals surface area contributed by atoms with Crippen LogP contribution in [0.1, 0.15) is 19.3 Å². The SMILES string of the molecule is CN(CC(=O)NC1CCCC1CN)c1ncnc2nc[nH]c12. The van der Waals surface area contributed by atoms with Crippen molar-refractivity contribution >= 4 is 22.9 Å². The summed E-state index contributed by atoms with van der Waals surface area (Å²) in [5.41, 5.74) is 7.08. The van der Waals surface area contributed by atoms with E-state index in [-0.39, 0.29) is 18.5 Å². The number of fused-ring (bicyclic) bond motifs is 1. The van der Waals surface area contributed by atoms with Crippen LogP contribution in [0.15, 0.2) is 12.7 Å². The highest BCUT2D eigenvalue weighted by Gasteiger charge is 2.27. The molecule has 0 spiro atoms. The summed E-state index contributed by atoms with van der Waals surface area (Å²) in [6.07, 6.45) is 6.26. The van der Waals surface area contributed by atoms with Gasteiger partial charge in [0.25, 0.3) is 0 Å². The van der Waals surface area contributed by atoms with E-state index in [9.17, 15) is 4.79 Å². The van der Waals surface area contributed by atoms with Gasteiger partial charge in [-0.05, 0) is 25.3 Å². The Morgan fingerprint density at radius 2 is 2.32 bits per heavy atom. The summed E-state index contributed by atoms with van der Waals surface area (Å²) in [6.45, 7) is 0.861. The fraction of sp³-hybridized carbons (Fsp3) is 0.571. The van der Waals surface area contributed by atoms with Gasteiger partial charge in [0, 0.05) is 13.1 Å². The van der Waals surface area contributed by atoms with Crippen molar-refractivity contribution in [3.05, 3.63) is 12.7 Å². The Hall–Kier alpha value is -2.22. The van der Waals surface area contributed by atoms with Crippen LogP contribution in [0.25, 0.3) is 11.2 Å². The number of anilines is 1. The van der Waals surface area contributed by atoms with E-state index >= 15 is 0 Å². The fourth-order valence-corrected chi connectivity index (χ4v) is 3.09. The number of amides is 1. The van der Waals surface area contributed by atoms with Gasteiger partial charge in [0.2, 0.25) is 5.91 Å². The lowest BCUT2D eigenvalue weighted by atomic mass is 10.0. The largest absolute Gasteiger partial charge is 0.352 e. The van der Waals surface area contributed by atoms with Crippen LogP contribution in [0.2, 0.25) is 0 Å². The number of carbonyl (C=O) groups excluding carboxylic acids is 1. The van der Waals surface area contributed by atoms with Gasteiger partial charge in [-0.1, -0.05) is 6.42 Å². The number of aromatic amines is 1. The maximum absolute atomic E-state index is 12.3. The maximum Gasteiger partial charge on any atom is 0.239 e. The van der Waals surface area contributed by atoms with Crippen LogP contribution in [0, 0.1) is 5.92 Å². The van der Waals surface area contributed by atoms with Crippen LogP contribution in [-0.4, -0.2) is 52.0 Å². The first-order valence-corrected chi connectivity index (χ1v) is 7.53. The van der Waals surface area contributed by atoms with E-state index in [1.807, 2.05) is 7.05 Å². The van der Waals surface area contributed by atoms with E-state index in [2.05, 4.69) is 25.3 Å². The summed E-state index contributed by atoms with van der Waals surface area (Å²) in [6, 6.07) is 0.198. The highest BCUT2D eigenvalue weighted by molar-refractivity contribution is 5.87. The molecule has 2 aromatic rings. The van der Waals surface area contributed by atoms with Gasteiger partial charge >= 0.3 is 0 Å². The van der Waals surface area contributed by atoms with Crippen molar-refractivity contribution in [1.29, 1.82) is 0 Å². The molecule has 1 amide bonds. The van der Waals surface area contributed by atoms with Crippen molar-refractivity contribution in [2.24, 2.45) is 11.7 Å². The summed E-state index contributed by atoms with van der Waals surface area (Å²) < 4.78 is 0. The van der Waals surface area contributed by atoms with E-state index in [0.29, 0.717) is 23.9 Å². The quantitative estimate of drug-likeness (QED) is 0.718. The molecule has 0 bridgehead atoms. The van der Waals surface area contributed by atoms with Crippen molar-refractivity contribution in [3.8, 4) is 0 Å². The van der Waals surface area contributed by atoms with Gasteiger partial charge in [0.1, 0.15) is 11.8 Å². The normalized spacial score (nSPS) is 21.2. The highest BCUT2D eigenvalue weighted by Crippen LogP contribution is 2.24. The molecule has 1 saturated carbocycles. The lowest BCUT2D eigenvalue weighted by Crippen LogP contribution is -2.44. The molecule has 118 valence electrons. The minimum Gasteiger partial charge on any atom is -0.352 e. The van der Waals surface area contributed by atoms with Gasteiger partial charge in [-0.3, -0.25) is 4.79 Å². The zero-order valence-electron chi connectivity index (χ0n) is 12.6. The number of hydrogen-bond acceptors (Lipinski definition) is 6. The van der Waals surface area contributed by atoms with Crippen LogP contribution in [0.5, 0.6) is 0 Å². The summed E-state index contributed by atoms with van der Waals surface area (Å²) in [7, 11) is 1.83. The molecule has 1 fully saturated rings. The molecule has 0 saturated heterocycles. The van der Waals surface area contributed by atoms with Crippen LogP contribution in [0.3, 0.4) is 0 Å². The predicted octanol–water partition coefficient (Wildman–Crippen LogP) is 0.0327. The summed E-state index contributed by atoms with van der Waals surface area (Å²) >= 11 is 0. The van der Waals surface area contributed by atoms with E-state index in [1.165, 1.54) is 6.33 Å². The molecule has 8 nitrogen and oxygen atoms in total. The molecular weight excluding hydrogens is 282 g/mol. The Morgan fingerprint density at radius 1 is 1.45 bits per heavy atom. The number of rotatable bonds is 5. The number of likely N-dealkylation sites (N-methyl/N-ethyl adjacent to an activating group) is 1. The van der Waals surface area contributed by atoms with Gasteiger partial charge < -0.3 is 20.9 Å². The second-order valence-electron chi connectivity index (χ2n) is 5.76. The number of hydrogen-bond donors (Lipinski definition) is 3. The summed E-state index contributed by atoms with van der Waals surface area (Å²) in [5, 5.41) is 3.09. The lowest BCUT2D eigenvalue weighted by molar-refractivity contribution is -0.120. The number of imidazole rings is 1. The van der Waals surface area contributed by atoms with Crippen molar-refractivity contribution < 1.29 is 4.79 Å². The lowest BCUT2D eigenvalue weighted by Gasteiger charge is -2.22. The smallest absolute Gasteiger partial charge is 0.239 e. The van der Waals surface area contributed by atoms with Crippen LogP contribution in [0.4, 0.5) is 5.82 Å². The minimum absolute atomic E-state index is 0.0147. The number of H-pyrrole nitrogens is 1. The first-order valence-electron chi connectivity index (χ1n) is 7.53. The molecule has 2 aromatic heterocycles. The third-order valence-electron chi connectivity index (χ3n) is 4.25. The number of nitrogens with two attached hydrogens (primary N) is 1. The molecule has 3 rings (SSSR count). The van der Waals surface area contributed by atoms with Gasteiger partial charge in [-0.2, -0.15) is 0 Å². The maximum atomic E-state index is 12.3. The molecule has 22 heavy (non-hydrogen) atoms. The predicted molar refractivity (Wildman–Crippen MR) is 83.3 cm³/mol. The third kappa shape index (κ3) is 2.87. The first-order chi connectivity index (χ1) is 10.7. The molecule has 4 N–H and O–H groups in total. The second-order valence-corrected chi connectivity index (χ2v) is 5.76. The number of nitrogens with one attached hydrogen (secondary N) is 2. The Kier molecular flexibility index (Phi) is 4.19. The molecule has 1 aliphatic rings. The van der Waals surface area contributed by atoms with Crippen molar-refractivity contribution in [1.82, 2.24) is 25.3 Å². The average molecular weight is 303 g/mol. The van der Waals surface area contributed by atoms with Gasteiger partial charge in [-0.25, -0.2) is 15.0 Å². The zero-order chi connectivity index (χ0) is 15.5. The molecule has 8 heteroatoms. The Labute approximate surface area is 128 Å². The number of aromatic nitrogens is 4. The third-order valence-corrected chi connectivity index (χ3v) is 4.25. The monoisotopic (exact) mass is 303 g/mol. The number of carbonyl (C=O) groups is 1. The van der Waals surface area contributed by atoms with Crippen LogP contribution in [-0.2, 0) is 4.79 Å². The molecular formula is C14H21N7O. The van der Waals surface area contributed by atoms with Gasteiger partial charge in [-0.15, -0.1) is 0 Å². The van der Waals surface area contributed by atoms with E-state index in [1.54, 1.807) is 11.2 Å². The fourth-order valence-electron chi connectivity index (χ4n) is 3.09. The minimum atomic E-state index is -0.0147. The molecule has 0 aromatic carbocycles. The Bertz CT molecular complexity index is 655. The molecule has 2 atom stereocenters. The Morgan fingerprint density at radius 3 is 3.14 bits per heavy atom. The molecule has 1 aliphatic carbocycles. The van der Waals surface area contributed by atoms with Crippen molar-refractivity contribution in [3.63, 3.8) is 0 Å². The highest BCUT2D eigenvalue weighted by atomic mass is 16.2. The molecule has 2 heterocycles. The van der Waals surface area contributed by atoms with Crippen molar-refractivity contribution in [2.75, 3.05) is 25.0 Å². The summed E-state index contributed by atoms with van der Waals surface area (Å²) in [5.74, 6) is 1.05. The first kappa shape index (κ1) is 14.7. The molecule has 0 radical (unpaired) electrons. The topological polar surface area (TPSA) is 113 Å². The summed E-state index contributed by atoms with van der Waals surface area (Å²) in [4.78, 5) is 29.5. The standard InChI is InChI=1S/C14H21N7O/c1-21(14-12-13(17-7-16-12)18-8-19-14)6-11(22)20-10-4-2-3-9(10)5-15/h7-10H,2-6,15H2,1H3,(H,20,22)(H,16,17,18,19). The Balaban J connectivity index is 1.65. The average Bonchev–Trinajstić information content (AvgIpc) is 3.14. The zero-order valence-corrected chi connectivity index (χ0v) is 12.6. The van der Waals surface area contributed by atoms with Crippen LogP contribution >= 0.6 is 0 Å². The molecule has 2 unspecified atom stereocenters. The van der Waals surface area contributed by atoms with Gasteiger partial charge in [0.05, 0.1) is 12.9 Å². The second kappa shape index (κ2) is 6.27. The van der Waals surface area contributed by atoms with E-state index in [0.717, 1.165) is 24.8 Å². The van der Waals surface area contributed by atoms with Gasteiger partial charge in [0.15, 0.2) is 11.5 Å². The van der Waals surface area contributed by atoms with Crippen molar-refractivity contribution in [2.45, 2.75) is 25.3 Å².